The fourth-order valence-corrected chi connectivity index (χ4v) is 5.72. The molecule has 4 aromatic carbocycles. The maximum Gasteiger partial charge on any atom is 0.162 e. The van der Waals surface area contributed by atoms with E-state index < -0.39 is 0 Å². The van der Waals surface area contributed by atoms with Crippen LogP contribution in [0.3, 0.4) is 0 Å². The van der Waals surface area contributed by atoms with Crippen LogP contribution in [0.15, 0.2) is 84.9 Å². The first kappa shape index (κ1) is 35.1. The molecule has 4 nitrogen and oxygen atoms in total. The van der Waals surface area contributed by atoms with E-state index in [0.29, 0.717) is 0 Å². The molecule has 1 heterocycles. The molecule has 0 unspecified atom stereocenters. The van der Waals surface area contributed by atoms with Crippen molar-refractivity contribution in [3.05, 3.63) is 96.5 Å². The van der Waals surface area contributed by atoms with Crippen LogP contribution in [-0.2, 0) is 30.3 Å². The third-order valence-electron chi connectivity index (χ3n) is 8.42. The second-order valence-electron chi connectivity index (χ2n) is 12.3. The number of nitrogens with zero attached hydrogens (tertiary/aromatic N) is 2. The summed E-state index contributed by atoms with van der Waals surface area (Å²) in [6.45, 7) is 14.8. The van der Waals surface area contributed by atoms with E-state index in [0.717, 1.165) is 53.2 Å². The molecule has 0 bridgehead atoms. The molecule has 233 valence electrons. The van der Waals surface area contributed by atoms with Crippen molar-refractivity contribution in [2.45, 2.75) is 79.6 Å². The molecule has 0 aliphatic carbocycles. The molecule has 1 N–H and O–H groups in total. The molecule has 5 heteroatoms. The summed E-state index contributed by atoms with van der Waals surface area (Å²) >= 11 is 0. The van der Waals surface area contributed by atoms with Gasteiger partial charge in [0, 0.05) is 43.7 Å². The second kappa shape index (κ2) is 15.5. The summed E-state index contributed by atoms with van der Waals surface area (Å²) < 4.78 is 0. The Morgan fingerprint density at radius 2 is 1.41 bits per heavy atom. The SMILES string of the molecule is CC(C)(C)c1cc(-c2ncnc3cc4ccccc4cc23)[c-]c2ccccc12.CCC(CC)C(=O)C=C(O)C(CC)CC.[Ir]. The zero-order chi connectivity index (χ0) is 31.1. The molecule has 5 aromatic rings. The van der Waals surface area contributed by atoms with Gasteiger partial charge in [-0.1, -0.05) is 108 Å². The standard InChI is InChI=1S/C26H21N2.C13H24O2.Ir/c1-26(2,3)23-14-20(12-19-10-6-7-11-21(19)23)25-22-13-17-8-4-5-9-18(17)15-24(22)27-16-28-25;1-5-10(6-2)12(14)9-13(15)11(7-3)8-4;/h4-11,13-16H,1-3H3;9-11,14H,5-8H2,1-4H3;/q-1;;. The Morgan fingerprint density at radius 1 is 0.818 bits per heavy atom. The van der Waals surface area contributed by atoms with E-state index in [2.05, 4.69) is 104 Å². The molecule has 1 aromatic heterocycles. The minimum absolute atomic E-state index is 0. The number of carbonyl (C=O) groups excluding carboxylic acids is 1. The second-order valence-corrected chi connectivity index (χ2v) is 12.3. The minimum Gasteiger partial charge on any atom is -0.512 e. The van der Waals surface area contributed by atoms with Gasteiger partial charge < -0.3 is 5.11 Å². The van der Waals surface area contributed by atoms with Gasteiger partial charge in [0.15, 0.2) is 5.78 Å². The van der Waals surface area contributed by atoms with Crippen molar-refractivity contribution >= 4 is 38.2 Å². The smallest absolute Gasteiger partial charge is 0.162 e. The van der Waals surface area contributed by atoms with Crippen molar-refractivity contribution in [1.29, 1.82) is 0 Å². The summed E-state index contributed by atoms with van der Waals surface area (Å²) in [5, 5.41) is 15.6. The molecular formula is C39H45IrN2O2-. The van der Waals surface area contributed by atoms with E-state index in [4.69, 9.17) is 0 Å². The molecule has 0 saturated heterocycles. The number of allylic oxidation sites excluding steroid dienone is 2. The maximum absolute atomic E-state index is 11.7. The number of benzene rings is 4. The van der Waals surface area contributed by atoms with Gasteiger partial charge in [0.25, 0.3) is 0 Å². The van der Waals surface area contributed by atoms with Crippen molar-refractivity contribution < 1.29 is 30.0 Å². The van der Waals surface area contributed by atoms with Crippen molar-refractivity contribution in [2.24, 2.45) is 11.8 Å². The summed E-state index contributed by atoms with van der Waals surface area (Å²) in [5.41, 5.74) is 4.25. The molecule has 1 radical (unpaired) electrons. The molecule has 0 fully saturated rings. The number of rotatable bonds is 8. The third kappa shape index (κ3) is 8.00. The minimum atomic E-state index is 0. The topological polar surface area (TPSA) is 63.1 Å². The van der Waals surface area contributed by atoms with Crippen LogP contribution in [0.5, 0.6) is 0 Å². The Morgan fingerprint density at radius 3 is 2.02 bits per heavy atom. The first-order chi connectivity index (χ1) is 20.6. The van der Waals surface area contributed by atoms with Crippen molar-refractivity contribution in [2.75, 3.05) is 0 Å². The molecule has 44 heavy (non-hydrogen) atoms. The number of aromatic nitrogens is 2. The van der Waals surface area contributed by atoms with Gasteiger partial charge >= 0.3 is 0 Å². The quantitative estimate of drug-likeness (QED) is 0.0740. The van der Waals surface area contributed by atoms with Crippen LogP contribution in [0.25, 0.3) is 43.7 Å². The molecule has 0 aliphatic rings. The van der Waals surface area contributed by atoms with Gasteiger partial charge in [-0.3, -0.25) is 9.78 Å². The van der Waals surface area contributed by atoms with E-state index in [9.17, 15) is 9.90 Å². The summed E-state index contributed by atoms with van der Waals surface area (Å²) in [6, 6.07) is 27.1. The Labute approximate surface area is 276 Å². The van der Waals surface area contributed by atoms with Gasteiger partial charge in [0.2, 0.25) is 0 Å². The number of aliphatic hydroxyl groups is 1. The molecule has 0 aliphatic heterocycles. The normalized spacial score (nSPS) is 12.0. The number of fused-ring (bicyclic) bond motifs is 3. The fourth-order valence-electron chi connectivity index (χ4n) is 5.72. The van der Waals surface area contributed by atoms with Crippen molar-refractivity contribution in [1.82, 2.24) is 9.97 Å². The van der Waals surface area contributed by atoms with Gasteiger partial charge in [0.1, 0.15) is 6.33 Å². The maximum atomic E-state index is 11.7. The molecule has 5 rings (SSSR count). The molecule has 0 atom stereocenters. The average Bonchev–Trinajstić information content (AvgIpc) is 3.00. The number of aliphatic hydroxyl groups excluding tert-OH is 1. The zero-order valence-electron chi connectivity index (χ0n) is 27.1. The van der Waals surface area contributed by atoms with Gasteiger partial charge in [-0.05, 0) is 53.3 Å². The first-order valence-corrected chi connectivity index (χ1v) is 15.6. The average molecular weight is 766 g/mol. The van der Waals surface area contributed by atoms with Gasteiger partial charge in [0.05, 0.1) is 11.3 Å². The van der Waals surface area contributed by atoms with Gasteiger partial charge in [-0.2, -0.15) is 0 Å². The van der Waals surface area contributed by atoms with Crippen LogP contribution in [0.1, 0.15) is 79.7 Å². The van der Waals surface area contributed by atoms with Gasteiger partial charge in [-0.15, -0.1) is 29.1 Å². The van der Waals surface area contributed by atoms with Crippen LogP contribution in [0.4, 0.5) is 0 Å². The van der Waals surface area contributed by atoms with Crippen LogP contribution in [-0.4, -0.2) is 20.9 Å². The predicted molar refractivity (Wildman–Crippen MR) is 181 cm³/mol. The number of ketones is 1. The number of hydrogen-bond donors (Lipinski definition) is 1. The van der Waals surface area contributed by atoms with E-state index in [1.807, 2.05) is 27.7 Å². The van der Waals surface area contributed by atoms with Crippen molar-refractivity contribution in [3.63, 3.8) is 0 Å². The fraction of sp³-hybridized carbons (Fsp3) is 0.359. The number of hydrogen-bond acceptors (Lipinski definition) is 4. The molecular weight excluding hydrogens is 721 g/mol. The Bertz CT molecular complexity index is 1740. The summed E-state index contributed by atoms with van der Waals surface area (Å²) in [7, 11) is 0. The van der Waals surface area contributed by atoms with Gasteiger partial charge in [-0.25, -0.2) is 4.98 Å². The van der Waals surface area contributed by atoms with Crippen LogP contribution in [0.2, 0.25) is 0 Å². The first-order valence-electron chi connectivity index (χ1n) is 15.6. The van der Waals surface area contributed by atoms with E-state index in [1.54, 1.807) is 6.33 Å². The monoisotopic (exact) mass is 766 g/mol. The Hall–Kier alpha value is -3.40. The van der Waals surface area contributed by atoms with Crippen LogP contribution < -0.4 is 0 Å². The van der Waals surface area contributed by atoms with Crippen molar-refractivity contribution in [3.8, 4) is 11.3 Å². The largest absolute Gasteiger partial charge is 0.512 e. The Balaban J connectivity index is 0.000000286. The zero-order valence-corrected chi connectivity index (χ0v) is 29.5. The third-order valence-corrected chi connectivity index (χ3v) is 8.42. The summed E-state index contributed by atoms with van der Waals surface area (Å²) in [4.78, 5) is 20.9. The van der Waals surface area contributed by atoms with Crippen LogP contribution in [0, 0.1) is 17.9 Å². The van der Waals surface area contributed by atoms with Crippen LogP contribution >= 0.6 is 0 Å². The predicted octanol–water partition coefficient (Wildman–Crippen LogP) is 10.6. The van der Waals surface area contributed by atoms with E-state index in [1.165, 1.54) is 27.8 Å². The Kier molecular flexibility index (Phi) is 12.4. The molecule has 0 saturated carbocycles. The van der Waals surface area contributed by atoms with E-state index >= 15 is 0 Å². The van der Waals surface area contributed by atoms with E-state index in [-0.39, 0.29) is 48.9 Å². The molecule has 0 amide bonds. The summed E-state index contributed by atoms with van der Waals surface area (Å²) in [6.07, 6.45) is 6.57. The number of carbonyl (C=O) groups is 1. The molecule has 0 spiro atoms. The summed E-state index contributed by atoms with van der Waals surface area (Å²) in [5.74, 6) is 0.547.